The van der Waals surface area contributed by atoms with Crippen LogP contribution in [0.5, 0.6) is 5.75 Å². The first kappa shape index (κ1) is 18.5. The van der Waals surface area contributed by atoms with Gasteiger partial charge in [-0.25, -0.2) is 9.59 Å². The lowest BCUT2D eigenvalue weighted by molar-refractivity contribution is 0.293. The van der Waals surface area contributed by atoms with Gasteiger partial charge in [-0.05, 0) is 43.5 Å². The summed E-state index contributed by atoms with van der Waals surface area (Å²) in [6.45, 7) is 4.67. The number of benzene rings is 2. The van der Waals surface area contributed by atoms with Crippen molar-refractivity contribution in [2.24, 2.45) is 0 Å². The minimum atomic E-state index is -0.752. The Morgan fingerprint density at radius 3 is 2.50 bits per heavy atom. The first-order chi connectivity index (χ1) is 12.4. The van der Waals surface area contributed by atoms with E-state index in [9.17, 15) is 9.59 Å². The van der Waals surface area contributed by atoms with Crippen LogP contribution in [0.3, 0.4) is 0 Å². The maximum Gasteiger partial charge on any atom is 0.422 e. The molecule has 0 aliphatic heterocycles. The summed E-state index contributed by atoms with van der Waals surface area (Å²) in [5, 5.41) is 0.712. The second kappa shape index (κ2) is 7.56. The van der Waals surface area contributed by atoms with Crippen molar-refractivity contribution in [2.45, 2.75) is 26.8 Å². The summed E-state index contributed by atoms with van der Waals surface area (Å²) in [7, 11) is 0. The highest BCUT2D eigenvalue weighted by Gasteiger charge is 2.14. The zero-order valence-corrected chi connectivity index (χ0v) is 15.9. The molecule has 0 bridgehead atoms. The minimum absolute atomic E-state index is 0.178. The molecule has 3 aromatic rings. The van der Waals surface area contributed by atoms with E-state index in [1.807, 2.05) is 32.0 Å². The van der Waals surface area contributed by atoms with Crippen LogP contribution in [-0.4, -0.2) is 11.2 Å². The molecule has 0 unspecified atom stereocenters. The molecule has 5 nitrogen and oxygen atoms in total. The second-order valence-corrected chi connectivity index (χ2v) is 6.86. The Morgan fingerprint density at radius 2 is 1.81 bits per heavy atom. The highest BCUT2D eigenvalue weighted by molar-refractivity contribution is 6.38. The van der Waals surface area contributed by atoms with E-state index in [4.69, 9.17) is 32.4 Å². The monoisotopic (exact) mass is 393 g/mol. The molecule has 0 fully saturated rings. The molecule has 2 aromatic carbocycles. The van der Waals surface area contributed by atoms with E-state index >= 15 is 0 Å². The molecule has 3 rings (SSSR count). The van der Waals surface area contributed by atoms with Gasteiger partial charge >= 0.3 is 11.4 Å². The number of hydrogen-bond donors (Lipinski definition) is 0. The maximum atomic E-state index is 12.1. The van der Waals surface area contributed by atoms with E-state index < -0.39 is 11.4 Å². The number of rotatable bonds is 5. The SMILES string of the molecule is Cc1cccc(C)c1OCCCn1c(=O)oc(=O)c2cc(Cl)cc(Cl)c21. The van der Waals surface area contributed by atoms with Crippen LogP contribution in [-0.2, 0) is 6.54 Å². The minimum Gasteiger partial charge on any atom is -0.493 e. The lowest BCUT2D eigenvalue weighted by atomic mass is 10.1. The van der Waals surface area contributed by atoms with Crippen molar-refractivity contribution in [1.82, 2.24) is 4.57 Å². The van der Waals surface area contributed by atoms with Crippen LogP contribution in [0.1, 0.15) is 17.5 Å². The van der Waals surface area contributed by atoms with E-state index in [0.717, 1.165) is 16.9 Å². The molecule has 0 saturated heterocycles. The summed E-state index contributed by atoms with van der Waals surface area (Å²) in [5.41, 5.74) is 1.67. The fraction of sp³-hybridized carbons (Fsp3) is 0.263. The number of nitrogens with zero attached hydrogens (tertiary/aromatic N) is 1. The summed E-state index contributed by atoms with van der Waals surface area (Å²) in [6, 6.07) is 8.87. The van der Waals surface area contributed by atoms with Gasteiger partial charge < -0.3 is 9.15 Å². The Kier molecular flexibility index (Phi) is 5.39. The third-order valence-electron chi connectivity index (χ3n) is 4.10. The number of aryl methyl sites for hydroxylation is 3. The van der Waals surface area contributed by atoms with Gasteiger partial charge in [0.05, 0.1) is 22.5 Å². The van der Waals surface area contributed by atoms with Crippen molar-refractivity contribution >= 4 is 34.1 Å². The summed E-state index contributed by atoms with van der Waals surface area (Å²) < 4.78 is 12.0. The molecule has 0 aliphatic rings. The molecule has 1 aromatic heterocycles. The predicted octanol–water partition coefficient (Wildman–Crippen LogP) is 4.35. The normalized spacial score (nSPS) is 11.1. The number of ether oxygens (including phenoxy) is 1. The molecule has 26 heavy (non-hydrogen) atoms. The average molecular weight is 394 g/mol. The molecule has 0 atom stereocenters. The Hall–Kier alpha value is -2.24. The molecule has 0 radical (unpaired) electrons. The molecule has 7 heteroatoms. The smallest absolute Gasteiger partial charge is 0.422 e. The van der Waals surface area contributed by atoms with Crippen molar-refractivity contribution in [1.29, 1.82) is 0 Å². The second-order valence-electron chi connectivity index (χ2n) is 6.01. The Bertz CT molecular complexity index is 1070. The van der Waals surface area contributed by atoms with E-state index in [-0.39, 0.29) is 10.4 Å². The fourth-order valence-electron chi connectivity index (χ4n) is 2.90. The molecule has 0 amide bonds. The Morgan fingerprint density at radius 1 is 1.12 bits per heavy atom. The van der Waals surface area contributed by atoms with Crippen LogP contribution in [0.2, 0.25) is 10.0 Å². The van der Waals surface area contributed by atoms with E-state index in [1.54, 1.807) is 0 Å². The largest absolute Gasteiger partial charge is 0.493 e. The van der Waals surface area contributed by atoms with Crippen LogP contribution in [0, 0.1) is 13.8 Å². The lowest BCUT2D eigenvalue weighted by Crippen LogP contribution is -2.26. The Balaban J connectivity index is 1.84. The number of halogens is 2. The van der Waals surface area contributed by atoms with Crippen LogP contribution in [0.25, 0.3) is 10.9 Å². The summed E-state index contributed by atoms with van der Waals surface area (Å²) in [4.78, 5) is 24.1. The van der Waals surface area contributed by atoms with Crippen molar-refractivity contribution in [3.05, 3.63) is 72.5 Å². The van der Waals surface area contributed by atoms with Crippen LogP contribution >= 0.6 is 23.2 Å². The van der Waals surface area contributed by atoms with Gasteiger partial charge in [0.1, 0.15) is 5.75 Å². The van der Waals surface area contributed by atoms with Gasteiger partial charge in [-0.15, -0.1) is 0 Å². The van der Waals surface area contributed by atoms with E-state index in [1.165, 1.54) is 16.7 Å². The Labute approximate surface area is 159 Å². The molecule has 136 valence electrons. The highest BCUT2D eigenvalue weighted by Crippen LogP contribution is 2.26. The summed E-state index contributed by atoms with van der Waals surface area (Å²) >= 11 is 12.1. The number of aromatic nitrogens is 1. The number of para-hydroxylation sites is 1. The molecule has 0 saturated carbocycles. The van der Waals surface area contributed by atoms with E-state index in [2.05, 4.69) is 0 Å². The van der Waals surface area contributed by atoms with Gasteiger partial charge in [0.2, 0.25) is 0 Å². The van der Waals surface area contributed by atoms with Crippen molar-refractivity contribution in [2.75, 3.05) is 6.61 Å². The lowest BCUT2D eigenvalue weighted by Gasteiger charge is -2.13. The van der Waals surface area contributed by atoms with Crippen molar-refractivity contribution < 1.29 is 9.15 Å². The summed E-state index contributed by atoms with van der Waals surface area (Å²) in [5.74, 6) is 0.0907. The quantitative estimate of drug-likeness (QED) is 0.604. The van der Waals surface area contributed by atoms with Gasteiger partial charge in [0.25, 0.3) is 0 Å². The van der Waals surface area contributed by atoms with Gasteiger partial charge in [-0.2, -0.15) is 0 Å². The van der Waals surface area contributed by atoms with Crippen LogP contribution in [0.15, 0.2) is 44.3 Å². The van der Waals surface area contributed by atoms with Gasteiger partial charge in [0, 0.05) is 11.6 Å². The summed E-state index contributed by atoms with van der Waals surface area (Å²) in [6.07, 6.45) is 0.537. The van der Waals surface area contributed by atoms with Crippen LogP contribution in [0.4, 0.5) is 0 Å². The third-order valence-corrected chi connectivity index (χ3v) is 4.61. The number of fused-ring (bicyclic) bond motifs is 1. The topological polar surface area (TPSA) is 61.4 Å². The maximum absolute atomic E-state index is 12.1. The molecular weight excluding hydrogens is 377 g/mol. The zero-order valence-electron chi connectivity index (χ0n) is 14.3. The molecule has 1 heterocycles. The van der Waals surface area contributed by atoms with Gasteiger partial charge in [-0.3, -0.25) is 4.57 Å². The third kappa shape index (κ3) is 3.64. The molecule has 0 aliphatic carbocycles. The molecule has 0 N–H and O–H groups in total. The number of hydrogen-bond acceptors (Lipinski definition) is 4. The first-order valence-electron chi connectivity index (χ1n) is 8.10. The van der Waals surface area contributed by atoms with Crippen molar-refractivity contribution in [3.63, 3.8) is 0 Å². The fourth-order valence-corrected chi connectivity index (χ4v) is 3.50. The molecule has 0 spiro atoms. The van der Waals surface area contributed by atoms with Gasteiger partial charge in [0.15, 0.2) is 0 Å². The van der Waals surface area contributed by atoms with Crippen molar-refractivity contribution in [3.8, 4) is 5.75 Å². The van der Waals surface area contributed by atoms with E-state index in [0.29, 0.717) is 30.1 Å². The average Bonchev–Trinajstić information content (AvgIpc) is 2.56. The van der Waals surface area contributed by atoms with Gasteiger partial charge in [-0.1, -0.05) is 41.4 Å². The van der Waals surface area contributed by atoms with Crippen LogP contribution < -0.4 is 16.1 Å². The predicted molar refractivity (Wildman–Crippen MR) is 103 cm³/mol. The molecular formula is C19H17Cl2NO4. The zero-order chi connectivity index (χ0) is 18.8. The highest BCUT2D eigenvalue weighted by atomic mass is 35.5. The standard InChI is InChI=1S/C19H17Cl2NO4/c1-11-5-3-6-12(2)17(11)25-8-4-7-22-16-14(18(23)26-19(22)24)9-13(20)10-15(16)21/h3,5-6,9-10H,4,7-8H2,1-2H3. The first-order valence-corrected chi connectivity index (χ1v) is 8.86.